The van der Waals surface area contributed by atoms with Gasteiger partial charge in [-0.15, -0.1) is 0 Å². The van der Waals surface area contributed by atoms with E-state index in [1.165, 1.54) is 10.7 Å². The lowest BCUT2D eigenvalue weighted by molar-refractivity contribution is -0.132. The van der Waals surface area contributed by atoms with E-state index in [1.54, 1.807) is 18.1 Å². The second-order valence-electron chi connectivity index (χ2n) is 4.37. The minimum absolute atomic E-state index is 0.0279. The topological polar surface area (TPSA) is 67.2 Å². The van der Waals surface area contributed by atoms with Gasteiger partial charge in [0.1, 0.15) is 6.54 Å². The highest BCUT2D eigenvalue weighted by Crippen LogP contribution is 1.99. The third kappa shape index (κ3) is 3.58. The summed E-state index contributed by atoms with van der Waals surface area (Å²) < 4.78 is 1.17. The number of nitrogens with one attached hydrogen (secondary N) is 1. The zero-order valence-corrected chi connectivity index (χ0v) is 11.3. The molecule has 0 unspecified atom stereocenters. The zero-order valence-electron chi connectivity index (χ0n) is 11.3. The molecule has 1 aromatic heterocycles. The Morgan fingerprint density at radius 1 is 1.56 bits per heavy atom. The number of hydrogen-bond donors (Lipinski definition) is 1. The maximum absolute atomic E-state index is 11.8. The van der Waals surface area contributed by atoms with Crippen LogP contribution in [-0.2, 0) is 11.3 Å². The van der Waals surface area contributed by atoms with Gasteiger partial charge in [-0.05, 0) is 20.8 Å². The van der Waals surface area contributed by atoms with Gasteiger partial charge in [0.25, 0.3) is 5.56 Å². The van der Waals surface area contributed by atoms with E-state index >= 15 is 0 Å². The second kappa shape index (κ2) is 6.18. The zero-order chi connectivity index (χ0) is 13.7. The van der Waals surface area contributed by atoms with Crippen molar-refractivity contribution >= 4 is 11.6 Å². The van der Waals surface area contributed by atoms with Crippen molar-refractivity contribution in [2.24, 2.45) is 0 Å². The summed E-state index contributed by atoms with van der Waals surface area (Å²) in [5, 5.41) is 6.97. The van der Waals surface area contributed by atoms with Gasteiger partial charge >= 0.3 is 0 Å². The molecule has 0 spiro atoms. The number of likely N-dealkylation sites (N-methyl/N-ethyl adjacent to an activating group) is 1. The van der Waals surface area contributed by atoms with Crippen LogP contribution >= 0.6 is 0 Å². The quantitative estimate of drug-likeness (QED) is 0.830. The molecule has 1 amide bonds. The van der Waals surface area contributed by atoms with Crippen molar-refractivity contribution in [3.63, 3.8) is 0 Å². The number of hydrogen-bond acceptors (Lipinski definition) is 4. The first kappa shape index (κ1) is 14.2. The molecule has 0 bridgehead atoms. The summed E-state index contributed by atoms with van der Waals surface area (Å²) in [6.07, 6.45) is 1.55. The van der Waals surface area contributed by atoms with Crippen LogP contribution in [0.25, 0.3) is 0 Å². The smallest absolute Gasteiger partial charge is 0.269 e. The molecule has 1 aromatic rings. The Morgan fingerprint density at radius 3 is 2.72 bits per heavy atom. The van der Waals surface area contributed by atoms with Gasteiger partial charge in [-0.1, -0.05) is 0 Å². The van der Waals surface area contributed by atoms with Crippen LogP contribution in [0.15, 0.2) is 17.1 Å². The van der Waals surface area contributed by atoms with Crippen LogP contribution in [-0.4, -0.2) is 40.2 Å². The van der Waals surface area contributed by atoms with Gasteiger partial charge in [-0.2, -0.15) is 5.10 Å². The predicted molar refractivity (Wildman–Crippen MR) is 70.6 cm³/mol. The van der Waals surface area contributed by atoms with Gasteiger partial charge < -0.3 is 10.2 Å². The van der Waals surface area contributed by atoms with E-state index in [-0.39, 0.29) is 24.1 Å². The molecule has 1 N–H and O–H groups in total. The fraction of sp³-hybridized carbons (Fsp3) is 0.583. The van der Waals surface area contributed by atoms with Gasteiger partial charge in [0, 0.05) is 25.7 Å². The highest BCUT2D eigenvalue weighted by atomic mass is 16.2. The van der Waals surface area contributed by atoms with E-state index in [0.717, 1.165) is 6.54 Å². The summed E-state index contributed by atoms with van der Waals surface area (Å²) in [7, 11) is 1.71. The molecule has 18 heavy (non-hydrogen) atoms. The number of carbonyl (C=O) groups is 1. The van der Waals surface area contributed by atoms with E-state index in [9.17, 15) is 9.59 Å². The Morgan fingerprint density at radius 2 is 2.22 bits per heavy atom. The van der Waals surface area contributed by atoms with Crippen LogP contribution in [0.4, 0.5) is 5.69 Å². The van der Waals surface area contributed by atoms with Crippen molar-refractivity contribution in [2.45, 2.75) is 33.4 Å². The first-order valence-electron chi connectivity index (χ1n) is 6.02. The molecule has 0 radical (unpaired) electrons. The van der Waals surface area contributed by atoms with E-state index in [1.807, 2.05) is 20.8 Å². The van der Waals surface area contributed by atoms with Crippen molar-refractivity contribution in [3.8, 4) is 0 Å². The molecule has 0 aliphatic rings. The van der Waals surface area contributed by atoms with Crippen LogP contribution in [0.3, 0.4) is 0 Å². The second-order valence-corrected chi connectivity index (χ2v) is 4.37. The molecule has 1 rings (SSSR count). The molecular formula is C12H20N4O2. The Labute approximate surface area is 107 Å². The lowest BCUT2D eigenvalue weighted by Crippen LogP contribution is -2.38. The molecule has 0 atom stereocenters. The molecule has 6 nitrogen and oxygen atoms in total. The van der Waals surface area contributed by atoms with Gasteiger partial charge in [0.2, 0.25) is 5.91 Å². The lowest BCUT2D eigenvalue weighted by atomic mass is 10.3. The fourth-order valence-corrected chi connectivity index (χ4v) is 1.38. The largest absolute Gasteiger partial charge is 0.384 e. The molecule has 0 fully saturated rings. The molecule has 1 heterocycles. The van der Waals surface area contributed by atoms with E-state index in [4.69, 9.17) is 0 Å². The van der Waals surface area contributed by atoms with Crippen LogP contribution in [0, 0.1) is 0 Å². The van der Waals surface area contributed by atoms with E-state index in [0.29, 0.717) is 5.69 Å². The predicted octanol–water partition coefficient (Wildman–Crippen LogP) is 0.542. The number of rotatable bonds is 5. The Bertz CT molecular complexity index is 467. The van der Waals surface area contributed by atoms with Gasteiger partial charge in [0.05, 0.1) is 11.9 Å². The summed E-state index contributed by atoms with van der Waals surface area (Å²) in [5.74, 6) is -0.129. The molecule has 0 aliphatic heterocycles. The number of amides is 1. The monoisotopic (exact) mass is 252 g/mol. The fourth-order valence-electron chi connectivity index (χ4n) is 1.38. The first-order chi connectivity index (χ1) is 8.45. The van der Waals surface area contributed by atoms with Gasteiger partial charge in [0.15, 0.2) is 0 Å². The minimum Gasteiger partial charge on any atom is -0.384 e. The molecule has 0 saturated heterocycles. The minimum atomic E-state index is -0.279. The van der Waals surface area contributed by atoms with Gasteiger partial charge in [-0.3, -0.25) is 9.59 Å². The van der Waals surface area contributed by atoms with Crippen LogP contribution in [0.5, 0.6) is 0 Å². The van der Waals surface area contributed by atoms with Crippen molar-refractivity contribution in [2.75, 3.05) is 18.9 Å². The van der Waals surface area contributed by atoms with Crippen LogP contribution in [0.1, 0.15) is 20.8 Å². The average Bonchev–Trinajstić information content (AvgIpc) is 2.31. The van der Waals surface area contributed by atoms with Crippen LogP contribution < -0.4 is 10.9 Å². The van der Waals surface area contributed by atoms with Crippen molar-refractivity contribution in [1.82, 2.24) is 14.7 Å². The normalized spacial score (nSPS) is 10.5. The summed E-state index contributed by atoms with van der Waals surface area (Å²) in [6.45, 7) is 6.47. The van der Waals surface area contributed by atoms with Crippen molar-refractivity contribution in [1.29, 1.82) is 0 Å². The lowest BCUT2D eigenvalue weighted by Gasteiger charge is -2.21. The van der Waals surface area contributed by atoms with Crippen LogP contribution in [0.2, 0.25) is 0 Å². The third-order valence-electron chi connectivity index (χ3n) is 2.70. The standard InChI is InChI=1S/C12H20N4O2/c1-5-13-10-6-11(17)16(14-7-10)8-12(18)15(4)9(2)3/h6-7,9,13H,5,8H2,1-4H3. The average molecular weight is 252 g/mol. The maximum Gasteiger partial charge on any atom is 0.269 e. The number of aromatic nitrogens is 2. The number of nitrogens with zero attached hydrogens (tertiary/aromatic N) is 3. The molecule has 0 aliphatic carbocycles. The molecule has 100 valence electrons. The molecular weight excluding hydrogens is 232 g/mol. The SMILES string of the molecule is CCNc1cnn(CC(=O)N(C)C(C)C)c(=O)c1. The molecule has 0 aromatic carbocycles. The molecule has 0 saturated carbocycles. The van der Waals surface area contributed by atoms with E-state index in [2.05, 4.69) is 10.4 Å². The number of anilines is 1. The maximum atomic E-state index is 11.8. The highest BCUT2D eigenvalue weighted by molar-refractivity contribution is 5.75. The van der Waals surface area contributed by atoms with E-state index < -0.39 is 0 Å². The van der Waals surface area contributed by atoms with Gasteiger partial charge in [-0.25, -0.2) is 4.68 Å². The summed E-state index contributed by atoms with van der Waals surface area (Å²) >= 11 is 0. The Hall–Kier alpha value is -1.85. The Kier molecular flexibility index (Phi) is 4.88. The third-order valence-corrected chi connectivity index (χ3v) is 2.70. The van der Waals surface area contributed by atoms with Crippen molar-refractivity contribution in [3.05, 3.63) is 22.6 Å². The summed E-state index contributed by atoms with van der Waals surface area (Å²) in [6, 6.07) is 1.55. The first-order valence-corrected chi connectivity index (χ1v) is 6.02. The van der Waals surface area contributed by atoms with Crippen molar-refractivity contribution < 1.29 is 4.79 Å². The summed E-state index contributed by atoms with van der Waals surface area (Å²) in [5.41, 5.74) is 0.391. The summed E-state index contributed by atoms with van der Waals surface area (Å²) in [4.78, 5) is 25.1. The number of carbonyl (C=O) groups excluding carboxylic acids is 1. The Balaban J connectivity index is 2.80. The molecule has 6 heteroatoms. The highest BCUT2D eigenvalue weighted by Gasteiger charge is 2.13.